The normalized spacial score (nSPS) is 12.6. The molecule has 0 aliphatic rings. The third kappa shape index (κ3) is 7.56. The Kier molecular flexibility index (Phi) is 9.24. The average Bonchev–Trinajstić information content (AvgIpc) is 2.45. The first kappa shape index (κ1) is 18.1. The number of unbranched alkanes of at least 4 members (excludes halogenated alkanes) is 5. The van der Waals surface area contributed by atoms with Crippen LogP contribution in [-0.4, -0.2) is 12.6 Å². The van der Waals surface area contributed by atoms with Crippen LogP contribution >= 0.6 is 0 Å². The molecule has 1 aromatic rings. The van der Waals surface area contributed by atoms with E-state index in [1.54, 1.807) is 6.07 Å². The summed E-state index contributed by atoms with van der Waals surface area (Å²) in [4.78, 5) is 0. The minimum absolute atomic E-state index is 0.279. The van der Waals surface area contributed by atoms with Crippen LogP contribution in [0.3, 0.4) is 0 Å². The van der Waals surface area contributed by atoms with E-state index in [9.17, 15) is 8.78 Å². The van der Waals surface area contributed by atoms with Crippen molar-refractivity contribution in [3.05, 3.63) is 35.4 Å². The summed E-state index contributed by atoms with van der Waals surface area (Å²) >= 11 is 0. The van der Waals surface area contributed by atoms with E-state index in [2.05, 4.69) is 19.2 Å². The number of rotatable bonds is 11. The molecule has 0 amide bonds. The van der Waals surface area contributed by atoms with Crippen LogP contribution in [0.25, 0.3) is 0 Å². The maximum atomic E-state index is 13.7. The lowest BCUT2D eigenvalue weighted by molar-refractivity contribution is 0.451. The first-order chi connectivity index (χ1) is 10.2. The van der Waals surface area contributed by atoms with Crippen LogP contribution in [-0.2, 0) is 6.42 Å². The Bertz CT molecular complexity index is 393. The second-order valence-corrected chi connectivity index (χ2v) is 5.75. The summed E-state index contributed by atoms with van der Waals surface area (Å²) in [7, 11) is 0. The maximum absolute atomic E-state index is 13.7. The van der Waals surface area contributed by atoms with Gasteiger partial charge in [-0.1, -0.05) is 58.4 Å². The Morgan fingerprint density at radius 1 is 1.00 bits per heavy atom. The third-order valence-electron chi connectivity index (χ3n) is 3.88. The summed E-state index contributed by atoms with van der Waals surface area (Å²) in [5.41, 5.74) is 0.605. The van der Waals surface area contributed by atoms with Gasteiger partial charge in [-0.2, -0.15) is 0 Å². The van der Waals surface area contributed by atoms with Gasteiger partial charge in [-0.05, 0) is 31.0 Å². The standard InChI is InChI=1S/C18H29F2N/c1-3-5-6-7-8-9-10-17(21-4-2)13-15-11-12-16(19)14-18(15)20/h11-12,14,17,21H,3-10,13H2,1-2H3. The van der Waals surface area contributed by atoms with Gasteiger partial charge in [0.05, 0.1) is 0 Å². The van der Waals surface area contributed by atoms with Gasteiger partial charge in [-0.25, -0.2) is 8.78 Å². The molecule has 0 aliphatic heterocycles. The highest BCUT2D eigenvalue weighted by atomic mass is 19.1. The first-order valence-electron chi connectivity index (χ1n) is 8.34. The van der Waals surface area contributed by atoms with Crippen molar-refractivity contribution in [3.63, 3.8) is 0 Å². The Morgan fingerprint density at radius 2 is 1.71 bits per heavy atom. The molecule has 1 unspecified atom stereocenters. The zero-order chi connectivity index (χ0) is 15.5. The van der Waals surface area contributed by atoms with Crippen molar-refractivity contribution >= 4 is 0 Å². The van der Waals surface area contributed by atoms with Gasteiger partial charge in [-0.3, -0.25) is 0 Å². The molecule has 0 radical (unpaired) electrons. The van der Waals surface area contributed by atoms with Gasteiger partial charge in [0.15, 0.2) is 0 Å². The number of likely N-dealkylation sites (N-methyl/N-ethyl adjacent to an activating group) is 1. The minimum atomic E-state index is -0.507. The largest absolute Gasteiger partial charge is 0.314 e. The lowest BCUT2D eigenvalue weighted by atomic mass is 9.99. The predicted octanol–water partition coefficient (Wildman–Crippen LogP) is 5.24. The van der Waals surface area contributed by atoms with Crippen molar-refractivity contribution in [3.8, 4) is 0 Å². The molecule has 1 atom stereocenters. The maximum Gasteiger partial charge on any atom is 0.129 e. The lowest BCUT2D eigenvalue weighted by Gasteiger charge is -2.18. The van der Waals surface area contributed by atoms with Gasteiger partial charge in [-0.15, -0.1) is 0 Å². The molecule has 0 aromatic heterocycles. The van der Waals surface area contributed by atoms with Crippen LogP contribution in [0.4, 0.5) is 8.78 Å². The fraction of sp³-hybridized carbons (Fsp3) is 0.667. The van der Waals surface area contributed by atoms with Crippen LogP contribution in [0.2, 0.25) is 0 Å². The molecule has 0 aliphatic carbocycles. The summed E-state index contributed by atoms with van der Waals surface area (Å²) in [6.45, 7) is 5.16. The Balaban J connectivity index is 2.38. The highest BCUT2D eigenvalue weighted by molar-refractivity contribution is 5.19. The van der Waals surface area contributed by atoms with E-state index in [4.69, 9.17) is 0 Å². The summed E-state index contributed by atoms with van der Waals surface area (Å²) in [5, 5.41) is 3.41. The molecule has 0 spiro atoms. The van der Waals surface area contributed by atoms with Crippen molar-refractivity contribution in [1.29, 1.82) is 0 Å². The quantitative estimate of drug-likeness (QED) is 0.551. The number of hydrogen-bond acceptors (Lipinski definition) is 1. The molecular formula is C18H29F2N. The molecule has 21 heavy (non-hydrogen) atoms. The van der Waals surface area contributed by atoms with E-state index < -0.39 is 11.6 Å². The average molecular weight is 297 g/mol. The van der Waals surface area contributed by atoms with E-state index in [1.807, 2.05) is 0 Å². The fourth-order valence-electron chi connectivity index (χ4n) is 2.69. The molecule has 1 rings (SSSR count). The van der Waals surface area contributed by atoms with E-state index in [-0.39, 0.29) is 6.04 Å². The fourth-order valence-corrected chi connectivity index (χ4v) is 2.69. The van der Waals surface area contributed by atoms with Crippen LogP contribution in [0.1, 0.15) is 64.4 Å². The Labute approximate surface area is 128 Å². The van der Waals surface area contributed by atoms with Crippen LogP contribution in [0, 0.1) is 11.6 Å². The van der Waals surface area contributed by atoms with Crippen molar-refractivity contribution in [2.75, 3.05) is 6.54 Å². The SMILES string of the molecule is CCCCCCCCC(Cc1ccc(F)cc1F)NCC. The van der Waals surface area contributed by atoms with Gasteiger partial charge in [0.2, 0.25) is 0 Å². The highest BCUT2D eigenvalue weighted by Crippen LogP contribution is 2.15. The van der Waals surface area contributed by atoms with Crippen molar-refractivity contribution in [2.45, 2.75) is 71.3 Å². The Hall–Kier alpha value is -0.960. The van der Waals surface area contributed by atoms with E-state index in [0.29, 0.717) is 12.0 Å². The van der Waals surface area contributed by atoms with E-state index in [1.165, 1.54) is 44.6 Å². The molecule has 0 bridgehead atoms. The summed E-state index contributed by atoms with van der Waals surface area (Å²) in [5.74, 6) is -0.937. The number of hydrogen-bond donors (Lipinski definition) is 1. The number of halogens is 2. The molecule has 0 saturated carbocycles. The van der Waals surface area contributed by atoms with Crippen molar-refractivity contribution < 1.29 is 8.78 Å². The predicted molar refractivity (Wildman–Crippen MR) is 85.5 cm³/mol. The molecule has 1 aromatic carbocycles. The van der Waals surface area contributed by atoms with E-state index >= 15 is 0 Å². The third-order valence-corrected chi connectivity index (χ3v) is 3.88. The summed E-state index contributed by atoms with van der Waals surface area (Å²) in [6.07, 6.45) is 9.29. The number of benzene rings is 1. The van der Waals surface area contributed by atoms with Crippen LogP contribution in [0.5, 0.6) is 0 Å². The Morgan fingerprint density at radius 3 is 2.38 bits per heavy atom. The molecule has 3 heteroatoms. The zero-order valence-electron chi connectivity index (χ0n) is 13.4. The monoisotopic (exact) mass is 297 g/mol. The molecule has 120 valence electrons. The van der Waals surface area contributed by atoms with Gasteiger partial charge in [0.1, 0.15) is 11.6 Å². The molecule has 1 N–H and O–H groups in total. The van der Waals surface area contributed by atoms with Crippen LogP contribution in [0.15, 0.2) is 18.2 Å². The second-order valence-electron chi connectivity index (χ2n) is 5.75. The number of nitrogens with one attached hydrogen (secondary N) is 1. The van der Waals surface area contributed by atoms with Crippen molar-refractivity contribution in [1.82, 2.24) is 5.32 Å². The van der Waals surface area contributed by atoms with Gasteiger partial charge >= 0.3 is 0 Å². The first-order valence-corrected chi connectivity index (χ1v) is 8.34. The molecule has 0 heterocycles. The van der Waals surface area contributed by atoms with E-state index in [0.717, 1.165) is 19.0 Å². The van der Waals surface area contributed by atoms with Crippen LogP contribution < -0.4 is 5.32 Å². The zero-order valence-corrected chi connectivity index (χ0v) is 13.4. The minimum Gasteiger partial charge on any atom is -0.314 e. The smallest absolute Gasteiger partial charge is 0.129 e. The summed E-state index contributed by atoms with van der Waals surface area (Å²) < 4.78 is 26.6. The molecule has 0 saturated heterocycles. The molecule has 0 fully saturated rings. The topological polar surface area (TPSA) is 12.0 Å². The van der Waals surface area contributed by atoms with Gasteiger partial charge in [0.25, 0.3) is 0 Å². The summed E-state index contributed by atoms with van der Waals surface area (Å²) in [6, 6.07) is 4.16. The highest BCUT2D eigenvalue weighted by Gasteiger charge is 2.12. The lowest BCUT2D eigenvalue weighted by Crippen LogP contribution is -2.31. The van der Waals surface area contributed by atoms with Crippen molar-refractivity contribution in [2.24, 2.45) is 0 Å². The van der Waals surface area contributed by atoms with Gasteiger partial charge < -0.3 is 5.32 Å². The molecular weight excluding hydrogens is 268 g/mol. The molecule has 1 nitrogen and oxygen atoms in total. The second kappa shape index (κ2) is 10.7. The van der Waals surface area contributed by atoms with Gasteiger partial charge in [0, 0.05) is 12.1 Å².